The maximum absolute atomic E-state index is 11.0. The second-order valence-electron chi connectivity index (χ2n) is 4.18. The number of nitrogens with two attached hydrogens (primary N) is 1. The highest BCUT2D eigenvalue weighted by molar-refractivity contribution is 7.10. The minimum absolute atomic E-state index is 0.131. The van der Waals surface area contributed by atoms with E-state index in [2.05, 4.69) is 23.7 Å². The van der Waals surface area contributed by atoms with Gasteiger partial charge in [0.1, 0.15) is 0 Å². The number of nitrogen functional groups attached to an aromatic ring is 1. The van der Waals surface area contributed by atoms with Crippen LogP contribution >= 0.6 is 11.3 Å². The van der Waals surface area contributed by atoms with Gasteiger partial charge in [0.15, 0.2) is 0 Å². The second kappa shape index (κ2) is 5.75. The van der Waals surface area contributed by atoms with Gasteiger partial charge in [-0.2, -0.15) is 0 Å². The molecule has 1 aromatic carbocycles. The number of nitrogens with one attached hydrogen (secondary N) is 1. The predicted molar refractivity (Wildman–Crippen MR) is 78.8 cm³/mol. The lowest BCUT2D eigenvalue weighted by Crippen LogP contribution is -2.05. The first-order valence-electron chi connectivity index (χ1n) is 6.03. The van der Waals surface area contributed by atoms with Crippen molar-refractivity contribution in [2.75, 3.05) is 11.1 Å². The first-order chi connectivity index (χ1) is 9.11. The zero-order valence-electron chi connectivity index (χ0n) is 10.6. The maximum atomic E-state index is 11.0. The Kier molecular flexibility index (Phi) is 4.06. The highest BCUT2D eigenvalue weighted by Crippen LogP contribution is 2.21. The molecular formula is C14H16N2O2S. The van der Waals surface area contributed by atoms with Crippen molar-refractivity contribution in [3.05, 3.63) is 45.6 Å². The van der Waals surface area contributed by atoms with E-state index in [1.807, 2.05) is 0 Å². The van der Waals surface area contributed by atoms with Crippen LogP contribution in [-0.4, -0.2) is 11.1 Å². The third-order valence-electron chi connectivity index (χ3n) is 2.96. The van der Waals surface area contributed by atoms with Crippen LogP contribution in [0.2, 0.25) is 0 Å². The topological polar surface area (TPSA) is 75.3 Å². The largest absolute Gasteiger partial charge is 0.478 e. The van der Waals surface area contributed by atoms with Crippen LogP contribution in [0.3, 0.4) is 0 Å². The average molecular weight is 276 g/mol. The third-order valence-corrected chi connectivity index (χ3v) is 3.92. The number of carboxylic acids is 1. The Morgan fingerprint density at radius 2 is 2.21 bits per heavy atom. The van der Waals surface area contributed by atoms with Crippen LogP contribution in [0.1, 0.15) is 27.7 Å². The number of carboxylic acid groups (broad SMARTS) is 1. The number of hydrogen-bond acceptors (Lipinski definition) is 4. The number of aryl methyl sites for hydroxylation is 1. The highest BCUT2D eigenvalue weighted by atomic mass is 32.1. The van der Waals surface area contributed by atoms with Crippen molar-refractivity contribution in [1.82, 2.24) is 0 Å². The summed E-state index contributed by atoms with van der Waals surface area (Å²) < 4.78 is 0. The van der Waals surface area contributed by atoms with Gasteiger partial charge in [0, 0.05) is 22.8 Å². The van der Waals surface area contributed by atoms with Crippen molar-refractivity contribution in [1.29, 1.82) is 0 Å². The Bertz CT molecular complexity index is 593. The number of aromatic carboxylic acids is 1. The SMILES string of the molecule is CCc1ccsc1CNc1ccc(N)c(C(=O)O)c1. The van der Waals surface area contributed by atoms with Crippen molar-refractivity contribution in [3.8, 4) is 0 Å². The van der Waals surface area contributed by atoms with Crippen molar-refractivity contribution >= 4 is 28.7 Å². The molecular weight excluding hydrogens is 260 g/mol. The third kappa shape index (κ3) is 3.06. The fraction of sp³-hybridized carbons (Fsp3) is 0.214. The van der Waals surface area contributed by atoms with E-state index in [-0.39, 0.29) is 11.3 Å². The zero-order chi connectivity index (χ0) is 13.8. The number of carbonyl (C=O) groups is 1. The summed E-state index contributed by atoms with van der Waals surface area (Å²) in [5, 5.41) is 14.3. The first-order valence-corrected chi connectivity index (χ1v) is 6.91. The molecule has 0 amide bonds. The quantitative estimate of drug-likeness (QED) is 0.733. The van der Waals surface area contributed by atoms with Gasteiger partial charge in [-0.15, -0.1) is 11.3 Å². The molecule has 1 heterocycles. The number of thiophene rings is 1. The lowest BCUT2D eigenvalue weighted by atomic mass is 10.1. The molecule has 2 rings (SSSR count). The van der Waals surface area contributed by atoms with E-state index in [9.17, 15) is 4.79 Å². The molecule has 0 atom stereocenters. The molecule has 0 saturated carbocycles. The molecule has 0 unspecified atom stereocenters. The normalized spacial score (nSPS) is 10.4. The van der Waals surface area contributed by atoms with Crippen LogP contribution in [0.4, 0.5) is 11.4 Å². The fourth-order valence-corrected chi connectivity index (χ4v) is 2.79. The summed E-state index contributed by atoms with van der Waals surface area (Å²) in [5.74, 6) is -1.01. The van der Waals surface area contributed by atoms with Gasteiger partial charge in [-0.05, 0) is 41.6 Å². The molecule has 0 bridgehead atoms. The van der Waals surface area contributed by atoms with Gasteiger partial charge in [0.05, 0.1) is 5.56 Å². The molecule has 4 N–H and O–H groups in total. The van der Waals surface area contributed by atoms with Crippen molar-refractivity contribution in [2.24, 2.45) is 0 Å². The molecule has 100 valence electrons. The molecule has 1 aromatic heterocycles. The Morgan fingerprint density at radius 3 is 2.89 bits per heavy atom. The summed E-state index contributed by atoms with van der Waals surface area (Å²) in [6.45, 7) is 2.82. The minimum atomic E-state index is -1.01. The summed E-state index contributed by atoms with van der Waals surface area (Å²) in [5.41, 5.74) is 8.12. The molecule has 0 fully saturated rings. The Morgan fingerprint density at radius 1 is 1.42 bits per heavy atom. The highest BCUT2D eigenvalue weighted by Gasteiger charge is 2.09. The van der Waals surface area contributed by atoms with Gasteiger partial charge in [-0.3, -0.25) is 0 Å². The van der Waals surface area contributed by atoms with Gasteiger partial charge < -0.3 is 16.2 Å². The molecule has 0 aliphatic heterocycles. The van der Waals surface area contributed by atoms with E-state index in [1.165, 1.54) is 10.4 Å². The standard InChI is InChI=1S/C14H16N2O2S/c1-2-9-5-6-19-13(9)8-16-10-3-4-12(15)11(7-10)14(17)18/h3-7,16H,2,8,15H2,1H3,(H,17,18). The van der Waals surface area contributed by atoms with E-state index < -0.39 is 5.97 Å². The first kappa shape index (κ1) is 13.4. The molecule has 4 nitrogen and oxygen atoms in total. The molecule has 0 aliphatic rings. The van der Waals surface area contributed by atoms with Crippen LogP contribution in [-0.2, 0) is 13.0 Å². The number of benzene rings is 1. The molecule has 0 spiro atoms. The average Bonchev–Trinajstić information content (AvgIpc) is 2.84. The smallest absolute Gasteiger partial charge is 0.337 e. The molecule has 0 radical (unpaired) electrons. The predicted octanol–water partition coefficient (Wildman–Crippen LogP) is 3.20. The summed E-state index contributed by atoms with van der Waals surface area (Å²) in [7, 11) is 0. The van der Waals surface area contributed by atoms with Crippen molar-refractivity contribution in [2.45, 2.75) is 19.9 Å². The Balaban J connectivity index is 2.12. The number of hydrogen-bond donors (Lipinski definition) is 3. The molecule has 0 saturated heterocycles. The van der Waals surface area contributed by atoms with Crippen molar-refractivity contribution in [3.63, 3.8) is 0 Å². The minimum Gasteiger partial charge on any atom is -0.478 e. The molecule has 2 aromatic rings. The molecule has 0 aliphatic carbocycles. The summed E-state index contributed by atoms with van der Waals surface area (Å²) in [4.78, 5) is 12.3. The van der Waals surface area contributed by atoms with Gasteiger partial charge in [0.2, 0.25) is 0 Å². The Labute approximate surface area is 115 Å². The fourth-order valence-electron chi connectivity index (χ4n) is 1.87. The van der Waals surface area contributed by atoms with Crippen LogP contribution < -0.4 is 11.1 Å². The van der Waals surface area contributed by atoms with Crippen LogP contribution in [0.5, 0.6) is 0 Å². The van der Waals surface area contributed by atoms with Crippen LogP contribution in [0, 0.1) is 0 Å². The van der Waals surface area contributed by atoms with E-state index >= 15 is 0 Å². The number of anilines is 2. The summed E-state index contributed by atoms with van der Waals surface area (Å²) in [6, 6.07) is 7.09. The zero-order valence-corrected chi connectivity index (χ0v) is 11.5. The van der Waals surface area contributed by atoms with E-state index in [0.29, 0.717) is 6.54 Å². The Hall–Kier alpha value is -2.01. The monoisotopic (exact) mass is 276 g/mol. The van der Waals surface area contributed by atoms with Gasteiger partial charge in [0.25, 0.3) is 0 Å². The van der Waals surface area contributed by atoms with Gasteiger partial charge >= 0.3 is 5.97 Å². The van der Waals surface area contributed by atoms with Crippen molar-refractivity contribution < 1.29 is 9.90 Å². The second-order valence-corrected chi connectivity index (χ2v) is 5.18. The van der Waals surface area contributed by atoms with E-state index in [4.69, 9.17) is 10.8 Å². The summed E-state index contributed by atoms with van der Waals surface area (Å²) >= 11 is 1.70. The van der Waals surface area contributed by atoms with Crippen LogP contribution in [0.15, 0.2) is 29.6 Å². The van der Waals surface area contributed by atoms with Gasteiger partial charge in [-0.25, -0.2) is 4.79 Å². The van der Waals surface area contributed by atoms with Gasteiger partial charge in [-0.1, -0.05) is 6.92 Å². The van der Waals surface area contributed by atoms with E-state index in [0.717, 1.165) is 12.1 Å². The van der Waals surface area contributed by atoms with Crippen LogP contribution in [0.25, 0.3) is 0 Å². The summed E-state index contributed by atoms with van der Waals surface area (Å²) in [6.07, 6.45) is 1.00. The molecule has 5 heteroatoms. The number of rotatable bonds is 5. The van der Waals surface area contributed by atoms with E-state index in [1.54, 1.807) is 29.5 Å². The molecule has 19 heavy (non-hydrogen) atoms. The lowest BCUT2D eigenvalue weighted by Gasteiger charge is -2.09. The lowest BCUT2D eigenvalue weighted by molar-refractivity contribution is 0.0698. The maximum Gasteiger partial charge on any atom is 0.337 e.